The first-order chi connectivity index (χ1) is 7.38. The van der Waals surface area contributed by atoms with Crippen molar-refractivity contribution in [3.63, 3.8) is 0 Å². The fraction of sp³-hybridized carbons (Fsp3) is 1.00. The number of ether oxygens (including phenoxy) is 1. The van der Waals surface area contributed by atoms with Crippen LogP contribution < -0.4 is 0 Å². The first-order valence-electron chi connectivity index (χ1n) is 6.26. The molecule has 1 aliphatic heterocycles. The third-order valence-corrected chi connectivity index (χ3v) is 3.82. The Morgan fingerprint density at radius 3 is 2.80 bits per heavy atom. The third-order valence-electron chi connectivity index (χ3n) is 3.08. The summed E-state index contributed by atoms with van der Waals surface area (Å²) in [6.07, 6.45) is 6.87. The zero-order valence-electron chi connectivity index (χ0n) is 9.88. The molecule has 0 aromatic heterocycles. The number of morpholine rings is 1. The lowest BCUT2D eigenvalue weighted by Crippen LogP contribution is -2.46. The van der Waals surface area contributed by atoms with Gasteiger partial charge >= 0.3 is 0 Å². The number of hydrogen-bond donors (Lipinski definition) is 0. The molecule has 0 aliphatic carbocycles. The summed E-state index contributed by atoms with van der Waals surface area (Å²) < 4.78 is 5.48. The fourth-order valence-corrected chi connectivity index (χ4v) is 2.64. The van der Waals surface area contributed by atoms with Crippen LogP contribution in [0, 0.1) is 0 Å². The molecule has 0 bridgehead atoms. The van der Waals surface area contributed by atoms with E-state index < -0.39 is 0 Å². The number of hydrogen-bond acceptors (Lipinski definition) is 2. The Labute approximate surface area is 102 Å². The molecule has 1 rings (SSSR count). The molecule has 1 fully saturated rings. The molecule has 0 saturated carbocycles. The van der Waals surface area contributed by atoms with Crippen molar-refractivity contribution < 1.29 is 4.74 Å². The van der Waals surface area contributed by atoms with Gasteiger partial charge in [0.05, 0.1) is 13.2 Å². The van der Waals surface area contributed by atoms with Crippen molar-refractivity contribution in [2.24, 2.45) is 0 Å². The first kappa shape index (κ1) is 13.5. The zero-order valence-corrected chi connectivity index (χ0v) is 11.5. The van der Waals surface area contributed by atoms with Crippen LogP contribution in [0.1, 0.15) is 39.0 Å². The monoisotopic (exact) mass is 277 g/mol. The summed E-state index contributed by atoms with van der Waals surface area (Å²) in [6, 6.07) is 0.602. The summed E-state index contributed by atoms with van der Waals surface area (Å²) in [5.74, 6) is 0. The van der Waals surface area contributed by atoms with Gasteiger partial charge in [-0.15, -0.1) is 0 Å². The van der Waals surface area contributed by atoms with Gasteiger partial charge in [0.1, 0.15) is 0 Å². The summed E-state index contributed by atoms with van der Waals surface area (Å²) in [6.45, 7) is 6.45. The molecule has 90 valence electrons. The molecule has 15 heavy (non-hydrogen) atoms. The lowest BCUT2D eigenvalue weighted by Gasteiger charge is -2.34. The second-order valence-electron chi connectivity index (χ2n) is 4.33. The number of rotatable bonds is 7. The van der Waals surface area contributed by atoms with Gasteiger partial charge in [-0.2, -0.15) is 0 Å². The molecular weight excluding hydrogens is 254 g/mol. The summed E-state index contributed by atoms with van der Waals surface area (Å²) >= 11 is 3.56. The van der Waals surface area contributed by atoms with Crippen LogP contribution in [0.25, 0.3) is 0 Å². The molecule has 1 heterocycles. The minimum absolute atomic E-state index is 0.602. The maximum absolute atomic E-state index is 5.48. The molecule has 1 saturated heterocycles. The average molecular weight is 278 g/mol. The van der Waals surface area contributed by atoms with Crippen LogP contribution in [-0.4, -0.2) is 42.6 Å². The van der Waals surface area contributed by atoms with Gasteiger partial charge in [0.25, 0.3) is 0 Å². The Hall–Kier alpha value is 0.400. The lowest BCUT2D eigenvalue weighted by molar-refractivity contribution is 0.00130. The molecule has 0 amide bonds. The van der Waals surface area contributed by atoms with Gasteiger partial charge in [0.15, 0.2) is 0 Å². The summed E-state index contributed by atoms with van der Waals surface area (Å²) in [5, 5.41) is 1.04. The average Bonchev–Trinajstić information content (AvgIpc) is 2.29. The van der Waals surface area contributed by atoms with Crippen LogP contribution in [0.15, 0.2) is 0 Å². The smallest absolute Gasteiger partial charge is 0.0630 e. The van der Waals surface area contributed by atoms with Crippen LogP contribution >= 0.6 is 15.9 Å². The molecule has 2 nitrogen and oxygen atoms in total. The van der Waals surface area contributed by atoms with Gasteiger partial charge in [-0.1, -0.05) is 48.5 Å². The number of alkyl halides is 1. The topological polar surface area (TPSA) is 12.5 Å². The van der Waals surface area contributed by atoms with E-state index >= 15 is 0 Å². The minimum atomic E-state index is 0.602. The first-order valence-corrected chi connectivity index (χ1v) is 7.38. The van der Waals surface area contributed by atoms with Crippen molar-refractivity contribution in [2.45, 2.75) is 45.1 Å². The maximum Gasteiger partial charge on any atom is 0.0630 e. The van der Waals surface area contributed by atoms with Crippen molar-refractivity contribution >= 4 is 15.9 Å². The largest absolute Gasteiger partial charge is 0.378 e. The summed E-state index contributed by atoms with van der Waals surface area (Å²) in [5.41, 5.74) is 0. The number of unbranched alkanes of at least 4 members (excludes halogenated alkanes) is 4. The highest BCUT2D eigenvalue weighted by molar-refractivity contribution is 9.09. The van der Waals surface area contributed by atoms with E-state index in [4.69, 9.17) is 4.74 Å². The van der Waals surface area contributed by atoms with Gasteiger partial charge in [-0.3, -0.25) is 4.90 Å². The van der Waals surface area contributed by atoms with E-state index in [0.717, 1.165) is 25.1 Å². The second kappa shape index (κ2) is 8.54. The normalized spacial score (nSPS) is 23.2. The molecule has 0 aromatic rings. The summed E-state index contributed by atoms with van der Waals surface area (Å²) in [7, 11) is 0. The Bertz CT molecular complexity index is 155. The maximum atomic E-state index is 5.48. The molecular formula is C12H24BrNO. The van der Waals surface area contributed by atoms with Crippen LogP contribution in [0.3, 0.4) is 0 Å². The number of nitrogens with zero attached hydrogens (tertiary/aromatic N) is 1. The van der Waals surface area contributed by atoms with Crippen LogP contribution in [-0.2, 0) is 4.74 Å². The molecule has 1 atom stereocenters. The Kier molecular flexibility index (Phi) is 7.67. The Morgan fingerprint density at radius 2 is 2.07 bits per heavy atom. The molecule has 0 spiro atoms. The second-order valence-corrected chi connectivity index (χ2v) is 4.98. The van der Waals surface area contributed by atoms with Crippen molar-refractivity contribution in [2.75, 3.05) is 31.6 Å². The standard InChI is InChI=1S/C12H24BrNO/c1-2-3-4-5-6-7-14-8-9-15-11-12(14)10-13/h12H,2-11H2,1H3. The summed E-state index contributed by atoms with van der Waals surface area (Å²) in [4.78, 5) is 2.57. The van der Waals surface area contributed by atoms with Gasteiger partial charge in [0.2, 0.25) is 0 Å². The molecule has 0 radical (unpaired) electrons. The van der Waals surface area contributed by atoms with E-state index in [1.165, 1.54) is 38.6 Å². The third kappa shape index (κ3) is 5.32. The fourth-order valence-electron chi connectivity index (χ4n) is 2.04. The Morgan fingerprint density at radius 1 is 1.27 bits per heavy atom. The Balaban J connectivity index is 2.07. The zero-order chi connectivity index (χ0) is 10.9. The van der Waals surface area contributed by atoms with E-state index in [-0.39, 0.29) is 0 Å². The van der Waals surface area contributed by atoms with Gasteiger partial charge < -0.3 is 4.74 Å². The van der Waals surface area contributed by atoms with E-state index in [0.29, 0.717) is 6.04 Å². The molecule has 1 unspecified atom stereocenters. The van der Waals surface area contributed by atoms with Crippen molar-refractivity contribution in [3.05, 3.63) is 0 Å². The van der Waals surface area contributed by atoms with Gasteiger partial charge in [-0.25, -0.2) is 0 Å². The lowest BCUT2D eigenvalue weighted by atomic mass is 10.1. The van der Waals surface area contributed by atoms with Crippen LogP contribution in [0.4, 0.5) is 0 Å². The molecule has 0 aromatic carbocycles. The minimum Gasteiger partial charge on any atom is -0.378 e. The van der Waals surface area contributed by atoms with E-state index in [1.807, 2.05) is 0 Å². The predicted octanol–water partition coefficient (Wildman–Crippen LogP) is 3.05. The van der Waals surface area contributed by atoms with Crippen molar-refractivity contribution in [1.82, 2.24) is 4.90 Å². The molecule has 0 N–H and O–H groups in total. The molecule has 1 aliphatic rings. The predicted molar refractivity (Wildman–Crippen MR) is 68.7 cm³/mol. The van der Waals surface area contributed by atoms with Crippen molar-refractivity contribution in [3.8, 4) is 0 Å². The SMILES string of the molecule is CCCCCCCN1CCOCC1CBr. The van der Waals surface area contributed by atoms with Gasteiger partial charge in [-0.05, 0) is 13.0 Å². The highest BCUT2D eigenvalue weighted by Gasteiger charge is 2.20. The van der Waals surface area contributed by atoms with Gasteiger partial charge in [0, 0.05) is 17.9 Å². The van der Waals surface area contributed by atoms with E-state index in [9.17, 15) is 0 Å². The highest BCUT2D eigenvalue weighted by Crippen LogP contribution is 2.11. The van der Waals surface area contributed by atoms with Crippen LogP contribution in [0.2, 0.25) is 0 Å². The molecule has 3 heteroatoms. The van der Waals surface area contributed by atoms with E-state index in [1.54, 1.807) is 0 Å². The van der Waals surface area contributed by atoms with E-state index in [2.05, 4.69) is 27.8 Å². The van der Waals surface area contributed by atoms with Crippen LogP contribution in [0.5, 0.6) is 0 Å². The van der Waals surface area contributed by atoms with Crippen molar-refractivity contribution in [1.29, 1.82) is 0 Å². The highest BCUT2D eigenvalue weighted by atomic mass is 79.9. The number of halogens is 1. The quantitative estimate of drug-likeness (QED) is 0.524.